The minimum atomic E-state index is 0.244. The second kappa shape index (κ2) is 7.14. The topological polar surface area (TPSA) is 49.6 Å². The molecule has 1 amide bonds. The molecule has 0 unspecified atom stereocenters. The van der Waals surface area contributed by atoms with Gasteiger partial charge in [-0.2, -0.15) is 11.8 Å². The number of piperidine rings is 1. The van der Waals surface area contributed by atoms with Crippen LogP contribution < -0.4 is 5.73 Å². The van der Waals surface area contributed by atoms with E-state index < -0.39 is 0 Å². The van der Waals surface area contributed by atoms with E-state index in [1.54, 1.807) is 11.8 Å². The van der Waals surface area contributed by atoms with Crippen molar-refractivity contribution >= 4 is 17.7 Å². The van der Waals surface area contributed by atoms with Crippen LogP contribution in [0.3, 0.4) is 0 Å². The first-order valence-electron chi connectivity index (χ1n) is 5.87. The van der Waals surface area contributed by atoms with Crippen molar-refractivity contribution in [2.75, 3.05) is 45.2 Å². The molecule has 1 aliphatic rings. The van der Waals surface area contributed by atoms with E-state index in [9.17, 15) is 4.79 Å². The number of carbonyl (C=O) groups excluding carboxylic acids is 1. The Morgan fingerprint density at radius 1 is 1.50 bits per heavy atom. The highest BCUT2D eigenvalue weighted by Crippen LogP contribution is 2.15. The van der Waals surface area contributed by atoms with E-state index in [4.69, 9.17) is 5.73 Å². The summed E-state index contributed by atoms with van der Waals surface area (Å²) in [5, 5.41) is 0. The number of thioether (sulfide) groups is 1. The molecule has 0 spiro atoms. The molecule has 5 heteroatoms. The summed E-state index contributed by atoms with van der Waals surface area (Å²) in [5.41, 5.74) is 5.40. The summed E-state index contributed by atoms with van der Waals surface area (Å²) in [5.74, 6) is 1.68. The molecule has 1 fully saturated rings. The van der Waals surface area contributed by atoms with Crippen molar-refractivity contribution in [2.24, 2.45) is 5.73 Å². The highest BCUT2D eigenvalue weighted by molar-refractivity contribution is 7.99. The predicted octanol–water partition coefficient (Wildman–Crippen LogP) is 0.231. The lowest BCUT2D eigenvalue weighted by Gasteiger charge is -2.35. The van der Waals surface area contributed by atoms with Crippen molar-refractivity contribution < 1.29 is 4.79 Å². The maximum atomic E-state index is 11.8. The van der Waals surface area contributed by atoms with Gasteiger partial charge in [0.25, 0.3) is 0 Å². The van der Waals surface area contributed by atoms with Gasteiger partial charge in [0, 0.05) is 25.4 Å². The average molecular weight is 245 g/mol. The molecule has 0 aromatic carbocycles. The number of nitrogens with two attached hydrogens (primary N) is 1. The van der Waals surface area contributed by atoms with Crippen LogP contribution in [0.15, 0.2) is 0 Å². The molecule has 0 aromatic rings. The SMILES string of the molecule is CN1CCC(N(C)C(=O)CSCCN)CC1. The molecule has 16 heavy (non-hydrogen) atoms. The Hall–Kier alpha value is -0.260. The van der Waals surface area contributed by atoms with Gasteiger partial charge in [0.15, 0.2) is 0 Å². The molecule has 0 bridgehead atoms. The van der Waals surface area contributed by atoms with Gasteiger partial charge in [0.05, 0.1) is 5.75 Å². The lowest BCUT2D eigenvalue weighted by atomic mass is 10.0. The Morgan fingerprint density at radius 2 is 2.12 bits per heavy atom. The van der Waals surface area contributed by atoms with Gasteiger partial charge in [-0.05, 0) is 33.0 Å². The number of hydrogen-bond acceptors (Lipinski definition) is 4. The van der Waals surface area contributed by atoms with Crippen LogP contribution in [0, 0.1) is 0 Å². The van der Waals surface area contributed by atoms with Gasteiger partial charge >= 0.3 is 0 Å². The molecule has 1 saturated heterocycles. The van der Waals surface area contributed by atoms with E-state index in [0.717, 1.165) is 31.7 Å². The van der Waals surface area contributed by atoms with Crippen LogP contribution >= 0.6 is 11.8 Å². The smallest absolute Gasteiger partial charge is 0.232 e. The van der Waals surface area contributed by atoms with Gasteiger partial charge in [-0.15, -0.1) is 0 Å². The van der Waals surface area contributed by atoms with Gasteiger partial charge in [0.2, 0.25) is 5.91 Å². The lowest BCUT2D eigenvalue weighted by molar-refractivity contribution is -0.129. The van der Waals surface area contributed by atoms with Crippen molar-refractivity contribution in [2.45, 2.75) is 18.9 Å². The van der Waals surface area contributed by atoms with Crippen LogP contribution in [0.25, 0.3) is 0 Å². The highest BCUT2D eigenvalue weighted by Gasteiger charge is 2.23. The van der Waals surface area contributed by atoms with Crippen LogP contribution in [-0.2, 0) is 4.79 Å². The zero-order valence-corrected chi connectivity index (χ0v) is 11.1. The lowest BCUT2D eigenvalue weighted by Crippen LogP contribution is -2.45. The molecule has 0 aliphatic carbocycles. The maximum absolute atomic E-state index is 11.8. The maximum Gasteiger partial charge on any atom is 0.232 e. The van der Waals surface area contributed by atoms with Gasteiger partial charge in [-0.3, -0.25) is 4.79 Å². The van der Waals surface area contributed by atoms with Crippen LogP contribution in [0.4, 0.5) is 0 Å². The Labute approximate surface area is 103 Å². The second-order valence-corrected chi connectivity index (χ2v) is 5.49. The fourth-order valence-corrected chi connectivity index (χ4v) is 2.62. The molecule has 0 saturated carbocycles. The molecule has 1 heterocycles. The molecule has 0 radical (unpaired) electrons. The van der Waals surface area contributed by atoms with E-state index in [1.165, 1.54) is 0 Å². The monoisotopic (exact) mass is 245 g/mol. The van der Waals surface area contributed by atoms with Gasteiger partial charge in [-0.1, -0.05) is 0 Å². The molecule has 94 valence electrons. The van der Waals surface area contributed by atoms with E-state index >= 15 is 0 Å². The van der Waals surface area contributed by atoms with E-state index in [1.807, 2.05) is 11.9 Å². The fraction of sp³-hybridized carbons (Fsp3) is 0.909. The minimum absolute atomic E-state index is 0.244. The summed E-state index contributed by atoms with van der Waals surface area (Å²) >= 11 is 1.63. The second-order valence-electron chi connectivity index (χ2n) is 4.38. The third-order valence-electron chi connectivity index (χ3n) is 3.12. The molecule has 1 rings (SSSR count). The van der Waals surface area contributed by atoms with Crippen LogP contribution in [-0.4, -0.2) is 67.0 Å². The normalized spacial score (nSPS) is 18.7. The standard InChI is InChI=1S/C11H23N3OS/c1-13-6-3-10(4-7-13)14(2)11(15)9-16-8-5-12/h10H,3-9,12H2,1-2H3. The first-order valence-corrected chi connectivity index (χ1v) is 7.02. The quantitative estimate of drug-likeness (QED) is 0.705. The first kappa shape index (κ1) is 13.8. The summed E-state index contributed by atoms with van der Waals surface area (Å²) in [7, 11) is 4.07. The molecular weight excluding hydrogens is 222 g/mol. The minimum Gasteiger partial charge on any atom is -0.342 e. The van der Waals surface area contributed by atoms with E-state index in [2.05, 4.69) is 11.9 Å². The summed E-state index contributed by atoms with van der Waals surface area (Å²) in [6, 6.07) is 0.433. The zero-order valence-electron chi connectivity index (χ0n) is 10.3. The molecule has 2 N–H and O–H groups in total. The van der Waals surface area contributed by atoms with Crippen molar-refractivity contribution in [3.63, 3.8) is 0 Å². The number of nitrogens with zero attached hydrogens (tertiary/aromatic N) is 2. The third kappa shape index (κ3) is 4.31. The molecule has 4 nitrogen and oxygen atoms in total. The summed E-state index contributed by atoms with van der Waals surface area (Å²) in [6.07, 6.45) is 2.20. The Kier molecular flexibility index (Phi) is 6.16. The number of carbonyl (C=O) groups is 1. The zero-order chi connectivity index (χ0) is 12.0. The third-order valence-corrected chi connectivity index (χ3v) is 4.09. The Balaban J connectivity index is 2.27. The number of likely N-dealkylation sites (tertiary alicyclic amines) is 1. The van der Waals surface area contributed by atoms with Crippen molar-refractivity contribution in [3.05, 3.63) is 0 Å². The average Bonchev–Trinajstić information content (AvgIpc) is 2.29. The van der Waals surface area contributed by atoms with E-state index in [0.29, 0.717) is 18.3 Å². The van der Waals surface area contributed by atoms with Crippen molar-refractivity contribution in [3.8, 4) is 0 Å². The molecular formula is C11H23N3OS. The van der Waals surface area contributed by atoms with Crippen molar-refractivity contribution in [1.29, 1.82) is 0 Å². The van der Waals surface area contributed by atoms with Crippen molar-refractivity contribution in [1.82, 2.24) is 9.80 Å². The summed E-state index contributed by atoms with van der Waals surface area (Å²) < 4.78 is 0. The number of rotatable bonds is 5. The number of amides is 1. The molecule has 0 aromatic heterocycles. The summed E-state index contributed by atoms with van der Waals surface area (Å²) in [4.78, 5) is 16.1. The fourth-order valence-electron chi connectivity index (χ4n) is 1.93. The largest absolute Gasteiger partial charge is 0.342 e. The van der Waals surface area contributed by atoms with E-state index in [-0.39, 0.29) is 5.91 Å². The molecule has 1 aliphatic heterocycles. The van der Waals surface area contributed by atoms with Crippen LogP contribution in [0.2, 0.25) is 0 Å². The first-order chi connectivity index (χ1) is 7.65. The van der Waals surface area contributed by atoms with Crippen LogP contribution in [0.5, 0.6) is 0 Å². The molecule has 0 atom stereocenters. The predicted molar refractivity (Wildman–Crippen MR) is 69.7 cm³/mol. The van der Waals surface area contributed by atoms with Crippen LogP contribution in [0.1, 0.15) is 12.8 Å². The Morgan fingerprint density at radius 3 is 2.69 bits per heavy atom. The highest BCUT2D eigenvalue weighted by atomic mass is 32.2. The number of hydrogen-bond donors (Lipinski definition) is 1. The van der Waals surface area contributed by atoms with Gasteiger partial charge in [-0.25, -0.2) is 0 Å². The van der Waals surface area contributed by atoms with Gasteiger partial charge < -0.3 is 15.5 Å². The van der Waals surface area contributed by atoms with Gasteiger partial charge in [0.1, 0.15) is 0 Å². The summed E-state index contributed by atoms with van der Waals surface area (Å²) in [6.45, 7) is 2.84. The Bertz CT molecular complexity index is 217.